The molecule has 1 aromatic carbocycles. The zero-order valence-corrected chi connectivity index (χ0v) is 13.7. The van der Waals surface area contributed by atoms with Gasteiger partial charge in [-0.1, -0.05) is 26.8 Å². The fourth-order valence-corrected chi connectivity index (χ4v) is 2.57. The predicted octanol–water partition coefficient (Wildman–Crippen LogP) is 4.80. The summed E-state index contributed by atoms with van der Waals surface area (Å²) in [5.41, 5.74) is 2.45. The van der Waals surface area contributed by atoms with Gasteiger partial charge >= 0.3 is 5.97 Å². The highest BCUT2D eigenvalue weighted by Crippen LogP contribution is 2.30. The van der Waals surface area contributed by atoms with Crippen LogP contribution in [0.4, 0.5) is 0 Å². The molecule has 2 heterocycles. The Morgan fingerprint density at radius 3 is 2.43 bits per heavy atom. The molecule has 0 atom stereocenters. The van der Waals surface area contributed by atoms with Gasteiger partial charge < -0.3 is 9.52 Å². The predicted molar refractivity (Wildman–Crippen MR) is 89.8 cm³/mol. The van der Waals surface area contributed by atoms with Crippen LogP contribution >= 0.6 is 0 Å². The summed E-state index contributed by atoms with van der Waals surface area (Å²) < 4.78 is 5.58. The van der Waals surface area contributed by atoms with Gasteiger partial charge in [0.15, 0.2) is 5.76 Å². The number of hydrogen-bond donors (Lipinski definition) is 1. The van der Waals surface area contributed by atoms with Gasteiger partial charge in [-0.2, -0.15) is 0 Å². The molecule has 4 heteroatoms. The molecule has 0 spiro atoms. The Labute approximate surface area is 134 Å². The van der Waals surface area contributed by atoms with Crippen molar-refractivity contribution in [3.8, 4) is 11.5 Å². The minimum Gasteiger partial charge on any atom is -0.478 e. The van der Waals surface area contributed by atoms with Crippen molar-refractivity contribution in [1.82, 2.24) is 4.98 Å². The first-order valence-corrected chi connectivity index (χ1v) is 7.51. The first kappa shape index (κ1) is 15.3. The maximum absolute atomic E-state index is 11.7. The smallest absolute Gasteiger partial charge is 0.336 e. The van der Waals surface area contributed by atoms with E-state index in [2.05, 4.69) is 25.8 Å². The first-order valence-electron chi connectivity index (χ1n) is 7.51. The number of hydrogen-bond acceptors (Lipinski definition) is 3. The van der Waals surface area contributed by atoms with E-state index in [-0.39, 0.29) is 11.0 Å². The lowest BCUT2D eigenvalue weighted by Crippen LogP contribution is -2.11. The van der Waals surface area contributed by atoms with Crippen LogP contribution in [0.5, 0.6) is 0 Å². The zero-order chi connectivity index (χ0) is 16.8. The molecule has 0 bridgehead atoms. The first-order chi connectivity index (χ1) is 10.8. The Kier molecular flexibility index (Phi) is 3.48. The number of benzene rings is 1. The third-order valence-electron chi connectivity index (χ3n) is 3.90. The van der Waals surface area contributed by atoms with Gasteiger partial charge in [-0.05, 0) is 48.2 Å². The van der Waals surface area contributed by atoms with Crippen LogP contribution in [0.15, 0.2) is 40.8 Å². The lowest BCUT2D eigenvalue weighted by atomic mass is 9.86. The van der Waals surface area contributed by atoms with Crippen LogP contribution in [0.25, 0.3) is 22.4 Å². The molecule has 0 radical (unpaired) electrons. The molecular weight excluding hydrogens is 290 g/mol. The van der Waals surface area contributed by atoms with Gasteiger partial charge in [-0.15, -0.1) is 0 Å². The lowest BCUT2D eigenvalue weighted by molar-refractivity contribution is 0.0699. The lowest BCUT2D eigenvalue weighted by Gasteiger charge is -2.19. The maximum atomic E-state index is 11.7. The highest BCUT2D eigenvalue weighted by atomic mass is 16.4. The third-order valence-corrected chi connectivity index (χ3v) is 3.90. The Balaban J connectivity index is 2.27. The van der Waals surface area contributed by atoms with Crippen molar-refractivity contribution in [2.24, 2.45) is 0 Å². The number of carboxylic acid groups (broad SMARTS) is 1. The van der Waals surface area contributed by atoms with E-state index in [4.69, 9.17) is 4.42 Å². The van der Waals surface area contributed by atoms with Gasteiger partial charge in [-0.3, -0.25) is 0 Å². The average Bonchev–Trinajstić information content (AvgIpc) is 2.91. The molecule has 3 rings (SSSR count). The normalized spacial score (nSPS) is 11.8. The Bertz CT molecular complexity index is 901. The number of furan rings is 1. The Morgan fingerprint density at radius 2 is 1.87 bits per heavy atom. The van der Waals surface area contributed by atoms with Crippen LogP contribution in [0.1, 0.15) is 42.5 Å². The molecule has 3 aromatic rings. The van der Waals surface area contributed by atoms with E-state index >= 15 is 0 Å². The SMILES string of the molecule is Cc1ccc(-c2cc(C(=O)O)c3cc(C(C)(C)C)ccc3n2)o1. The van der Waals surface area contributed by atoms with Crippen molar-refractivity contribution in [3.63, 3.8) is 0 Å². The van der Waals surface area contributed by atoms with Crippen molar-refractivity contribution in [3.05, 3.63) is 53.3 Å². The molecule has 0 aliphatic heterocycles. The van der Waals surface area contributed by atoms with Crippen LogP contribution < -0.4 is 0 Å². The van der Waals surface area contributed by atoms with Crippen LogP contribution in [0.3, 0.4) is 0 Å². The van der Waals surface area contributed by atoms with E-state index in [0.29, 0.717) is 22.4 Å². The molecule has 0 amide bonds. The molecule has 1 N–H and O–H groups in total. The van der Waals surface area contributed by atoms with Crippen LogP contribution in [-0.4, -0.2) is 16.1 Å². The second-order valence-electron chi connectivity index (χ2n) is 6.75. The minimum absolute atomic E-state index is 0.0548. The summed E-state index contributed by atoms with van der Waals surface area (Å²) in [4.78, 5) is 16.3. The molecule has 118 valence electrons. The molecule has 0 aliphatic carbocycles. The summed E-state index contributed by atoms with van der Waals surface area (Å²) in [6, 6.07) is 11.0. The Hall–Kier alpha value is -2.62. The van der Waals surface area contributed by atoms with E-state index in [9.17, 15) is 9.90 Å². The molecule has 23 heavy (non-hydrogen) atoms. The van der Waals surface area contributed by atoms with Gasteiger partial charge in [0.2, 0.25) is 0 Å². The number of nitrogens with zero attached hydrogens (tertiary/aromatic N) is 1. The number of carboxylic acids is 1. The van der Waals surface area contributed by atoms with E-state index in [1.54, 1.807) is 12.1 Å². The van der Waals surface area contributed by atoms with E-state index in [1.807, 2.05) is 31.2 Å². The third kappa shape index (κ3) is 2.84. The fraction of sp³-hybridized carbons (Fsp3) is 0.263. The van der Waals surface area contributed by atoms with Gasteiger partial charge in [0.05, 0.1) is 11.1 Å². The molecule has 2 aromatic heterocycles. The second-order valence-corrected chi connectivity index (χ2v) is 6.75. The quantitative estimate of drug-likeness (QED) is 0.738. The topological polar surface area (TPSA) is 63.3 Å². The number of aryl methyl sites for hydroxylation is 1. The molecule has 0 unspecified atom stereocenters. The summed E-state index contributed by atoms with van der Waals surface area (Å²) in [6.07, 6.45) is 0. The average molecular weight is 309 g/mol. The van der Waals surface area contributed by atoms with Crippen molar-refractivity contribution in [2.45, 2.75) is 33.1 Å². The summed E-state index contributed by atoms with van der Waals surface area (Å²) >= 11 is 0. The molecule has 0 aliphatic rings. The molecular formula is C19H19NO3. The van der Waals surface area contributed by atoms with Gasteiger partial charge in [0, 0.05) is 5.39 Å². The van der Waals surface area contributed by atoms with Crippen molar-refractivity contribution >= 4 is 16.9 Å². The Morgan fingerprint density at radius 1 is 1.13 bits per heavy atom. The minimum atomic E-state index is -0.965. The van der Waals surface area contributed by atoms with Crippen LogP contribution in [-0.2, 0) is 5.41 Å². The summed E-state index contributed by atoms with van der Waals surface area (Å²) in [6.45, 7) is 8.14. The van der Waals surface area contributed by atoms with Crippen LogP contribution in [0, 0.1) is 6.92 Å². The van der Waals surface area contributed by atoms with Crippen LogP contribution in [0.2, 0.25) is 0 Å². The number of fused-ring (bicyclic) bond motifs is 1. The van der Waals surface area contributed by atoms with Gasteiger partial charge in [-0.25, -0.2) is 9.78 Å². The van der Waals surface area contributed by atoms with Crippen molar-refractivity contribution in [2.75, 3.05) is 0 Å². The molecule has 0 fully saturated rings. The maximum Gasteiger partial charge on any atom is 0.336 e. The summed E-state index contributed by atoms with van der Waals surface area (Å²) in [5, 5.41) is 10.2. The number of carbonyl (C=O) groups is 1. The molecule has 0 saturated carbocycles. The van der Waals surface area contributed by atoms with E-state index < -0.39 is 5.97 Å². The highest BCUT2D eigenvalue weighted by molar-refractivity contribution is 6.03. The number of rotatable bonds is 2. The molecule has 4 nitrogen and oxygen atoms in total. The molecule has 0 saturated heterocycles. The van der Waals surface area contributed by atoms with E-state index in [1.165, 1.54) is 0 Å². The summed E-state index contributed by atoms with van der Waals surface area (Å²) in [5.74, 6) is 0.377. The van der Waals surface area contributed by atoms with Gasteiger partial charge in [0.1, 0.15) is 11.5 Å². The zero-order valence-electron chi connectivity index (χ0n) is 13.7. The monoisotopic (exact) mass is 309 g/mol. The van der Waals surface area contributed by atoms with Crippen molar-refractivity contribution < 1.29 is 14.3 Å². The number of aromatic carboxylic acids is 1. The number of pyridine rings is 1. The highest BCUT2D eigenvalue weighted by Gasteiger charge is 2.18. The fourth-order valence-electron chi connectivity index (χ4n) is 2.57. The standard InChI is InChI=1S/C19H19NO3/c1-11-5-8-17(23-11)16-10-14(18(21)22)13-9-12(19(2,3)4)6-7-15(13)20-16/h5-10H,1-4H3,(H,21,22). The summed E-state index contributed by atoms with van der Waals surface area (Å²) in [7, 11) is 0. The van der Waals surface area contributed by atoms with E-state index in [0.717, 1.165) is 11.3 Å². The largest absolute Gasteiger partial charge is 0.478 e. The number of aromatic nitrogens is 1. The second kappa shape index (κ2) is 5.23. The van der Waals surface area contributed by atoms with Crippen molar-refractivity contribution in [1.29, 1.82) is 0 Å². The van der Waals surface area contributed by atoms with Gasteiger partial charge in [0.25, 0.3) is 0 Å².